The number of ether oxygens (including phenoxy) is 2. The number of carboxylic acids is 1. The number of methoxy groups -OCH3 is 2. The summed E-state index contributed by atoms with van der Waals surface area (Å²) >= 11 is 2.38. The maximum atomic E-state index is 12.5. The van der Waals surface area contributed by atoms with Crippen molar-refractivity contribution in [3.63, 3.8) is 0 Å². The zero-order valence-corrected chi connectivity index (χ0v) is 18.3. The Kier molecular flexibility index (Phi) is 5.88. The molecular weight excluding hydrogens is 438 g/mol. The molecule has 0 radical (unpaired) electrons. The first kappa shape index (κ1) is 21.2. The fourth-order valence-electron chi connectivity index (χ4n) is 3.80. The molecule has 0 saturated carbocycles. The molecule has 31 heavy (non-hydrogen) atoms. The normalized spacial score (nSPS) is 20.0. The number of fused-ring (bicyclic) bond motifs is 1. The number of thiazole rings is 1. The quantitative estimate of drug-likeness (QED) is 0.560. The molecular formula is C22H19NO6S2. The lowest BCUT2D eigenvalue weighted by Crippen LogP contribution is -2.30. The monoisotopic (exact) mass is 457 g/mol. The van der Waals surface area contributed by atoms with E-state index in [2.05, 4.69) is 4.98 Å². The predicted molar refractivity (Wildman–Crippen MR) is 117 cm³/mol. The second-order valence-corrected chi connectivity index (χ2v) is 9.14. The van der Waals surface area contributed by atoms with Crippen LogP contribution in [0.5, 0.6) is 5.75 Å². The van der Waals surface area contributed by atoms with Crippen molar-refractivity contribution < 1.29 is 24.2 Å². The van der Waals surface area contributed by atoms with Crippen LogP contribution in [0.3, 0.4) is 0 Å². The van der Waals surface area contributed by atoms with Crippen molar-refractivity contribution in [3.8, 4) is 5.75 Å². The van der Waals surface area contributed by atoms with Crippen LogP contribution < -0.4 is 9.61 Å². The number of benzene rings is 2. The number of aromatic nitrogens is 1. The molecule has 0 unspecified atom stereocenters. The van der Waals surface area contributed by atoms with E-state index in [-0.39, 0.29) is 4.87 Å². The summed E-state index contributed by atoms with van der Waals surface area (Å²) < 4.78 is 9.96. The maximum Gasteiger partial charge on any atom is 0.337 e. The molecule has 0 saturated heterocycles. The number of thioether (sulfide) groups is 1. The van der Waals surface area contributed by atoms with E-state index in [9.17, 15) is 19.5 Å². The number of aliphatic carboxylic acids is 1. The van der Waals surface area contributed by atoms with Gasteiger partial charge in [0, 0.05) is 10.8 Å². The van der Waals surface area contributed by atoms with Crippen LogP contribution in [0.15, 0.2) is 58.4 Å². The largest absolute Gasteiger partial charge is 0.497 e. The van der Waals surface area contributed by atoms with Crippen molar-refractivity contribution in [3.05, 3.63) is 79.8 Å². The van der Waals surface area contributed by atoms with E-state index in [1.54, 1.807) is 43.5 Å². The lowest BCUT2D eigenvalue weighted by Gasteiger charge is -2.35. The van der Waals surface area contributed by atoms with Crippen LogP contribution in [0.25, 0.3) is 0 Å². The van der Waals surface area contributed by atoms with Crippen molar-refractivity contribution in [2.75, 3.05) is 14.2 Å². The number of carbonyl (C=O) groups is 2. The van der Waals surface area contributed by atoms with Gasteiger partial charge in [-0.3, -0.25) is 9.59 Å². The number of esters is 1. The average Bonchev–Trinajstić information content (AvgIpc) is 3.17. The molecule has 1 aliphatic heterocycles. The highest BCUT2D eigenvalue weighted by atomic mass is 32.2. The first-order valence-corrected chi connectivity index (χ1v) is 11.1. The summed E-state index contributed by atoms with van der Waals surface area (Å²) in [6, 6.07) is 13.9. The maximum absolute atomic E-state index is 12.5. The van der Waals surface area contributed by atoms with Crippen molar-refractivity contribution in [2.45, 2.75) is 16.2 Å². The van der Waals surface area contributed by atoms with Gasteiger partial charge in [0.15, 0.2) is 0 Å². The minimum absolute atomic E-state index is 0.229. The Balaban J connectivity index is 1.83. The molecule has 1 aliphatic rings. The number of aromatic amines is 1. The van der Waals surface area contributed by atoms with Crippen LogP contribution in [0.1, 0.15) is 37.5 Å². The standard InChI is InChI=1S/C22H19NO6S2/c1-28-14-9-7-12(8-10-14)17-16(20(24)25)15(18-19(30-17)23-22(27)31-18)11-3-5-13(6-4-11)21(26)29-2/h3-10,15-17H,1-2H3,(H,23,27)(H,24,25)/t15-,16-,17+/m0/s1. The summed E-state index contributed by atoms with van der Waals surface area (Å²) in [5, 5.41) is 10.5. The molecule has 2 heterocycles. The number of carbonyl (C=O) groups excluding carboxylic acids is 1. The molecule has 2 N–H and O–H groups in total. The van der Waals surface area contributed by atoms with Gasteiger partial charge in [0.1, 0.15) is 5.75 Å². The van der Waals surface area contributed by atoms with Crippen molar-refractivity contribution in [2.24, 2.45) is 5.92 Å². The van der Waals surface area contributed by atoms with Crippen molar-refractivity contribution >= 4 is 35.0 Å². The number of carboxylic acid groups (broad SMARTS) is 1. The topological polar surface area (TPSA) is 106 Å². The molecule has 2 aromatic carbocycles. The van der Waals surface area contributed by atoms with Crippen molar-refractivity contribution in [1.82, 2.24) is 4.98 Å². The Bertz CT molecular complexity index is 1170. The molecule has 0 spiro atoms. The summed E-state index contributed by atoms with van der Waals surface area (Å²) in [7, 11) is 2.87. The lowest BCUT2D eigenvalue weighted by atomic mass is 9.80. The molecule has 7 nitrogen and oxygen atoms in total. The average molecular weight is 458 g/mol. The van der Waals surface area contributed by atoms with Crippen molar-refractivity contribution in [1.29, 1.82) is 0 Å². The second-order valence-electron chi connectivity index (χ2n) is 6.97. The third-order valence-electron chi connectivity index (χ3n) is 5.27. The Labute approximate surface area is 186 Å². The van der Waals surface area contributed by atoms with Gasteiger partial charge in [0.05, 0.1) is 36.0 Å². The van der Waals surface area contributed by atoms with Crippen LogP contribution in [-0.2, 0) is 9.53 Å². The van der Waals surface area contributed by atoms with Gasteiger partial charge in [-0.2, -0.15) is 0 Å². The molecule has 0 bridgehead atoms. The molecule has 0 aliphatic carbocycles. The minimum atomic E-state index is -0.957. The van der Waals surface area contributed by atoms with E-state index in [0.717, 1.165) is 22.5 Å². The fourth-order valence-corrected chi connectivity index (χ4v) is 6.40. The zero-order chi connectivity index (χ0) is 22.1. The lowest BCUT2D eigenvalue weighted by molar-refractivity contribution is -0.142. The SMILES string of the molecule is COC(=O)c1ccc([C@@H]2c3sc(=O)[nH]c3S[C@H](c3ccc(OC)cc3)[C@H]2C(=O)O)cc1. The number of rotatable bonds is 5. The first-order valence-electron chi connectivity index (χ1n) is 9.37. The Morgan fingerprint density at radius 2 is 1.65 bits per heavy atom. The first-order chi connectivity index (χ1) is 14.9. The van der Waals surface area contributed by atoms with E-state index in [0.29, 0.717) is 21.2 Å². The van der Waals surface area contributed by atoms with Crippen LogP contribution >= 0.6 is 23.1 Å². The summed E-state index contributed by atoms with van der Waals surface area (Å²) in [6.07, 6.45) is 0. The fraction of sp³-hybridized carbons (Fsp3) is 0.227. The summed E-state index contributed by atoms with van der Waals surface area (Å²) in [5.74, 6) is -2.11. The van der Waals surface area contributed by atoms with Gasteiger partial charge >= 0.3 is 16.8 Å². The highest BCUT2D eigenvalue weighted by Gasteiger charge is 2.45. The van der Waals surface area contributed by atoms with E-state index in [1.807, 2.05) is 12.1 Å². The van der Waals surface area contributed by atoms with Gasteiger partial charge in [0.2, 0.25) is 0 Å². The van der Waals surface area contributed by atoms with Gasteiger partial charge in [-0.15, -0.1) is 0 Å². The van der Waals surface area contributed by atoms with E-state index < -0.39 is 29.0 Å². The molecule has 3 atom stereocenters. The third-order valence-corrected chi connectivity index (χ3v) is 7.75. The summed E-state index contributed by atoms with van der Waals surface area (Å²) in [5.41, 5.74) is 1.92. The molecule has 3 aromatic rings. The zero-order valence-electron chi connectivity index (χ0n) is 16.7. The van der Waals surface area contributed by atoms with Gasteiger partial charge in [0.25, 0.3) is 0 Å². The highest BCUT2D eigenvalue weighted by Crippen LogP contribution is 2.55. The molecule has 1 aromatic heterocycles. The van der Waals surface area contributed by atoms with E-state index in [4.69, 9.17) is 9.47 Å². The van der Waals surface area contributed by atoms with Gasteiger partial charge < -0.3 is 19.6 Å². The number of nitrogens with one attached hydrogen (secondary N) is 1. The van der Waals surface area contributed by atoms with Crippen LogP contribution in [0.4, 0.5) is 0 Å². The number of hydrogen-bond acceptors (Lipinski definition) is 7. The van der Waals surface area contributed by atoms with E-state index >= 15 is 0 Å². The highest BCUT2D eigenvalue weighted by molar-refractivity contribution is 7.99. The Morgan fingerprint density at radius 1 is 1.00 bits per heavy atom. The predicted octanol–water partition coefficient (Wildman–Crippen LogP) is 3.91. The summed E-state index contributed by atoms with van der Waals surface area (Å²) in [4.78, 5) is 39.7. The van der Waals surface area contributed by atoms with Gasteiger partial charge in [-0.1, -0.05) is 47.4 Å². The minimum Gasteiger partial charge on any atom is -0.497 e. The van der Waals surface area contributed by atoms with Crippen LogP contribution in [0.2, 0.25) is 0 Å². The van der Waals surface area contributed by atoms with Crippen LogP contribution in [0, 0.1) is 5.92 Å². The Morgan fingerprint density at radius 3 is 2.23 bits per heavy atom. The number of H-pyrrole nitrogens is 1. The van der Waals surface area contributed by atoms with Gasteiger partial charge in [-0.05, 0) is 35.4 Å². The number of hydrogen-bond donors (Lipinski definition) is 2. The molecule has 4 rings (SSSR count). The second kappa shape index (κ2) is 8.60. The Hall–Kier alpha value is -3.04. The van der Waals surface area contributed by atoms with Gasteiger partial charge in [-0.25, -0.2) is 4.79 Å². The third kappa shape index (κ3) is 3.98. The molecule has 0 amide bonds. The molecule has 9 heteroatoms. The smallest absolute Gasteiger partial charge is 0.337 e. The van der Waals surface area contributed by atoms with E-state index in [1.165, 1.54) is 18.9 Å². The summed E-state index contributed by atoms with van der Waals surface area (Å²) in [6.45, 7) is 0. The molecule has 160 valence electrons. The van der Waals surface area contributed by atoms with Crippen LogP contribution in [-0.4, -0.2) is 36.2 Å². The molecule has 0 fully saturated rings.